The lowest BCUT2D eigenvalue weighted by molar-refractivity contribution is -0.138. The zero-order chi connectivity index (χ0) is 17.4. The summed E-state index contributed by atoms with van der Waals surface area (Å²) in [5.41, 5.74) is 8.47. The zero-order valence-corrected chi connectivity index (χ0v) is 14.4. The van der Waals surface area contributed by atoms with E-state index in [1.807, 2.05) is 23.1 Å². The van der Waals surface area contributed by atoms with Crippen LogP contribution in [0.3, 0.4) is 0 Å². The third-order valence-electron chi connectivity index (χ3n) is 4.59. The van der Waals surface area contributed by atoms with Gasteiger partial charge in [0.15, 0.2) is 6.10 Å². The summed E-state index contributed by atoms with van der Waals surface area (Å²) in [4.78, 5) is 18.6. The molecule has 0 radical (unpaired) electrons. The van der Waals surface area contributed by atoms with Crippen molar-refractivity contribution in [1.82, 2.24) is 15.2 Å². The molecule has 1 fully saturated rings. The van der Waals surface area contributed by atoms with Crippen LogP contribution in [0.15, 0.2) is 30.5 Å². The van der Waals surface area contributed by atoms with E-state index < -0.39 is 6.10 Å². The lowest BCUT2D eigenvalue weighted by Crippen LogP contribution is -2.50. The lowest BCUT2D eigenvalue weighted by Gasteiger charge is -2.29. The molecule has 2 aliphatic rings. The Hall–Kier alpha value is -2.31. The first kappa shape index (κ1) is 16.2. The molecule has 2 aromatic rings. The number of hydrogen-bond donors (Lipinski definition) is 2. The van der Waals surface area contributed by atoms with Gasteiger partial charge in [-0.3, -0.25) is 4.79 Å². The number of pyridine rings is 1. The standard InChI is InChI=1S/C18H19ClN4O2/c19-13-7-12-8-15(18(24)23-5-3-21-4-6-23)25-17(12)14(10-13)11-1-2-22-16(20)9-11/h1-2,7,9-10,15,21H,3-6,8H2,(H2,20,22)/t15-/m0/s1. The molecule has 3 N–H and O–H groups in total. The number of carbonyl (C=O) groups is 1. The molecule has 3 heterocycles. The Balaban J connectivity index is 1.64. The second-order valence-corrected chi connectivity index (χ2v) is 6.73. The van der Waals surface area contributed by atoms with Gasteiger partial charge in [-0.1, -0.05) is 11.6 Å². The highest BCUT2D eigenvalue weighted by Crippen LogP contribution is 2.41. The van der Waals surface area contributed by atoms with Crippen LogP contribution in [-0.2, 0) is 11.2 Å². The Morgan fingerprint density at radius 2 is 2.12 bits per heavy atom. The second kappa shape index (κ2) is 6.54. The maximum absolute atomic E-state index is 12.8. The van der Waals surface area contributed by atoms with Crippen LogP contribution in [0.2, 0.25) is 5.02 Å². The SMILES string of the molecule is Nc1cc(-c2cc(Cl)cc3c2O[C@H](C(=O)N2CCNCC2)C3)ccn1. The van der Waals surface area contributed by atoms with E-state index in [2.05, 4.69) is 10.3 Å². The van der Waals surface area contributed by atoms with E-state index in [4.69, 9.17) is 22.1 Å². The van der Waals surface area contributed by atoms with Gasteiger partial charge in [-0.2, -0.15) is 0 Å². The Kier molecular flexibility index (Phi) is 4.23. The van der Waals surface area contributed by atoms with Crippen LogP contribution in [0.5, 0.6) is 5.75 Å². The molecule has 2 aliphatic heterocycles. The minimum absolute atomic E-state index is 0.0361. The number of ether oxygens (including phenoxy) is 1. The summed E-state index contributed by atoms with van der Waals surface area (Å²) in [6, 6.07) is 7.35. The number of anilines is 1. The number of fused-ring (bicyclic) bond motifs is 1. The highest BCUT2D eigenvalue weighted by atomic mass is 35.5. The molecule has 130 valence electrons. The molecule has 25 heavy (non-hydrogen) atoms. The van der Waals surface area contributed by atoms with Crippen molar-refractivity contribution in [2.45, 2.75) is 12.5 Å². The van der Waals surface area contributed by atoms with Crippen molar-refractivity contribution in [3.8, 4) is 16.9 Å². The largest absolute Gasteiger partial charge is 0.479 e. The molecule has 1 aromatic carbocycles. The Morgan fingerprint density at radius 3 is 2.88 bits per heavy atom. The van der Waals surface area contributed by atoms with Crippen LogP contribution in [-0.4, -0.2) is 48.1 Å². The third kappa shape index (κ3) is 3.15. The summed E-state index contributed by atoms with van der Waals surface area (Å²) in [5, 5.41) is 3.86. The average Bonchev–Trinajstić information content (AvgIpc) is 3.05. The van der Waals surface area contributed by atoms with Gasteiger partial charge in [0.25, 0.3) is 5.91 Å². The quantitative estimate of drug-likeness (QED) is 0.854. The highest BCUT2D eigenvalue weighted by molar-refractivity contribution is 6.31. The number of carbonyl (C=O) groups excluding carboxylic acids is 1. The van der Waals surface area contributed by atoms with Gasteiger partial charge in [-0.15, -0.1) is 0 Å². The molecular weight excluding hydrogens is 340 g/mol. The molecule has 6 nitrogen and oxygen atoms in total. The normalized spacial score (nSPS) is 19.4. The Bertz CT molecular complexity index is 821. The van der Waals surface area contributed by atoms with Crippen molar-refractivity contribution in [3.05, 3.63) is 41.0 Å². The van der Waals surface area contributed by atoms with Crippen LogP contribution in [0.25, 0.3) is 11.1 Å². The van der Waals surface area contributed by atoms with Crippen molar-refractivity contribution >= 4 is 23.3 Å². The number of rotatable bonds is 2. The molecule has 0 aliphatic carbocycles. The molecule has 0 bridgehead atoms. The first-order valence-corrected chi connectivity index (χ1v) is 8.70. The van der Waals surface area contributed by atoms with E-state index in [0.717, 1.165) is 29.8 Å². The van der Waals surface area contributed by atoms with Crippen molar-refractivity contribution in [1.29, 1.82) is 0 Å². The predicted molar refractivity (Wildman–Crippen MR) is 96.7 cm³/mol. The van der Waals surface area contributed by atoms with Gasteiger partial charge in [-0.05, 0) is 29.8 Å². The maximum atomic E-state index is 12.8. The van der Waals surface area contributed by atoms with Crippen LogP contribution in [0.4, 0.5) is 5.82 Å². The number of halogens is 1. The number of piperazine rings is 1. The first-order chi connectivity index (χ1) is 12.1. The molecule has 1 amide bonds. The van der Waals surface area contributed by atoms with Crippen LogP contribution < -0.4 is 15.8 Å². The molecular formula is C18H19ClN4O2. The van der Waals surface area contributed by atoms with E-state index in [-0.39, 0.29) is 5.91 Å². The maximum Gasteiger partial charge on any atom is 0.264 e. The number of hydrogen-bond acceptors (Lipinski definition) is 5. The van der Waals surface area contributed by atoms with E-state index in [0.29, 0.717) is 36.1 Å². The molecule has 0 spiro atoms. The molecule has 0 saturated carbocycles. The summed E-state index contributed by atoms with van der Waals surface area (Å²) in [6.45, 7) is 3.06. The minimum atomic E-state index is -0.496. The molecule has 0 unspecified atom stereocenters. The van der Waals surface area contributed by atoms with Gasteiger partial charge in [0.05, 0.1) is 0 Å². The predicted octanol–water partition coefficient (Wildman–Crippen LogP) is 1.72. The van der Waals surface area contributed by atoms with E-state index in [1.165, 1.54) is 0 Å². The fourth-order valence-corrected chi connectivity index (χ4v) is 3.62. The number of nitrogens with one attached hydrogen (secondary N) is 1. The smallest absolute Gasteiger partial charge is 0.264 e. The van der Waals surface area contributed by atoms with Crippen molar-refractivity contribution < 1.29 is 9.53 Å². The minimum Gasteiger partial charge on any atom is -0.479 e. The molecule has 1 aromatic heterocycles. The van der Waals surface area contributed by atoms with Gasteiger partial charge in [0, 0.05) is 54.9 Å². The van der Waals surface area contributed by atoms with Crippen LogP contribution in [0, 0.1) is 0 Å². The highest BCUT2D eigenvalue weighted by Gasteiger charge is 2.34. The summed E-state index contributed by atoms with van der Waals surface area (Å²) >= 11 is 6.29. The van der Waals surface area contributed by atoms with E-state index in [9.17, 15) is 4.79 Å². The van der Waals surface area contributed by atoms with Crippen molar-refractivity contribution in [3.63, 3.8) is 0 Å². The van der Waals surface area contributed by atoms with E-state index in [1.54, 1.807) is 12.3 Å². The number of benzene rings is 1. The molecule has 1 saturated heterocycles. The zero-order valence-electron chi connectivity index (χ0n) is 13.7. The Morgan fingerprint density at radius 1 is 1.32 bits per heavy atom. The van der Waals surface area contributed by atoms with Crippen molar-refractivity contribution in [2.75, 3.05) is 31.9 Å². The monoisotopic (exact) mass is 358 g/mol. The van der Waals surface area contributed by atoms with Gasteiger partial charge in [-0.25, -0.2) is 4.98 Å². The third-order valence-corrected chi connectivity index (χ3v) is 4.81. The van der Waals surface area contributed by atoms with Crippen molar-refractivity contribution in [2.24, 2.45) is 0 Å². The summed E-state index contributed by atoms with van der Waals surface area (Å²) in [7, 11) is 0. The first-order valence-electron chi connectivity index (χ1n) is 8.32. The summed E-state index contributed by atoms with van der Waals surface area (Å²) in [5.74, 6) is 1.18. The van der Waals surface area contributed by atoms with Gasteiger partial charge < -0.3 is 20.7 Å². The van der Waals surface area contributed by atoms with Gasteiger partial charge >= 0.3 is 0 Å². The van der Waals surface area contributed by atoms with Gasteiger partial charge in [0.2, 0.25) is 0 Å². The number of nitrogens with two attached hydrogens (primary N) is 1. The number of amides is 1. The molecule has 7 heteroatoms. The fraction of sp³-hybridized carbons (Fsp3) is 0.333. The van der Waals surface area contributed by atoms with Crippen LogP contribution >= 0.6 is 11.6 Å². The van der Waals surface area contributed by atoms with E-state index >= 15 is 0 Å². The van der Waals surface area contributed by atoms with Crippen LogP contribution in [0.1, 0.15) is 5.56 Å². The molecule has 4 rings (SSSR count). The second-order valence-electron chi connectivity index (χ2n) is 6.30. The average molecular weight is 359 g/mol. The number of nitrogen functional groups attached to an aromatic ring is 1. The van der Waals surface area contributed by atoms with Gasteiger partial charge in [0.1, 0.15) is 11.6 Å². The summed E-state index contributed by atoms with van der Waals surface area (Å²) in [6.07, 6.45) is 1.69. The topological polar surface area (TPSA) is 80.5 Å². The number of aromatic nitrogens is 1. The number of nitrogens with zero attached hydrogens (tertiary/aromatic N) is 2. The summed E-state index contributed by atoms with van der Waals surface area (Å²) < 4.78 is 6.07. The lowest BCUT2D eigenvalue weighted by atomic mass is 10.0. The fourth-order valence-electron chi connectivity index (χ4n) is 3.38. The molecule has 1 atom stereocenters. The Labute approximate surface area is 150 Å².